The van der Waals surface area contributed by atoms with Crippen molar-refractivity contribution in [1.29, 1.82) is 0 Å². The summed E-state index contributed by atoms with van der Waals surface area (Å²) in [4.78, 5) is 20.2. The number of benzene rings is 1. The van der Waals surface area contributed by atoms with Crippen LogP contribution in [0.2, 0.25) is 0 Å². The maximum Gasteiger partial charge on any atom is 0.305 e. The van der Waals surface area contributed by atoms with Crippen molar-refractivity contribution >= 4 is 17.3 Å². The molecule has 1 aromatic carbocycles. The standard InChI is InChI=1S/C21H27N3O3/c1-2-26-21(25)8-5-17-27-20-7-4-3-6-19(20)24-15-13-23(14-16-24)18-9-11-22-12-10-18/h3-4,6-7,9-12H,2,5,8,13-17H2,1H3. The van der Waals surface area contributed by atoms with Crippen LogP contribution >= 0.6 is 0 Å². The normalized spacial score (nSPS) is 14.1. The Balaban J connectivity index is 1.53. The number of aromatic nitrogens is 1. The molecule has 2 aromatic rings. The molecule has 0 bridgehead atoms. The third kappa shape index (κ3) is 5.36. The van der Waals surface area contributed by atoms with E-state index in [0.717, 1.165) is 37.6 Å². The van der Waals surface area contributed by atoms with Crippen molar-refractivity contribution in [3.8, 4) is 5.75 Å². The van der Waals surface area contributed by atoms with Crippen molar-refractivity contribution in [2.24, 2.45) is 0 Å². The van der Waals surface area contributed by atoms with E-state index in [1.54, 1.807) is 0 Å². The summed E-state index contributed by atoms with van der Waals surface area (Å²) in [6.07, 6.45) is 4.71. The van der Waals surface area contributed by atoms with E-state index in [1.165, 1.54) is 5.69 Å². The number of carbonyl (C=O) groups excluding carboxylic acids is 1. The number of pyridine rings is 1. The molecule has 0 amide bonds. The number of nitrogens with zero attached hydrogens (tertiary/aromatic N) is 3. The molecule has 1 fully saturated rings. The highest BCUT2D eigenvalue weighted by atomic mass is 16.5. The summed E-state index contributed by atoms with van der Waals surface area (Å²) in [5.41, 5.74) is 2.33. The molecule has 0 atom stereocenters. The zero-order chi connectivity index (χ0) is 18.9. The molecule has 1 aliphatic heterocycles. The number of piperazine rings is 1. The molecule has 0 spiro atoms. The molecule has 1 aliphatic rings. The van der Waals surface area contributed by atoms with Gasteiger partial charge in [0.2, 0.25) is 0 Å². The SMILES string of the molecule is CCOC(=O)CCCOc1ccccc1N1CCN(c2ccncc2)CC1. The van der Waals surface area contributed by atoms with Gasteiger partial charge in [-0.1, -0.05) is 12.1 Å². The van der Waals surface area contributed by atoms with Crippen LogP contribution in [0.3, 0.4) is 0 Å². The molecule has 0 radical (unpaired) electrons. The largest absolute Gasteiger partial charge is 0.491 e. The Morgan fingerprint density at radius 1 is 1.04 bits per heavy atom. The van der Waals surface area contributed by atoms with E-state index in [2.05, 4.69) is 33.0 Å². The molecule has 27 heavy (non-hydrogen) atoms. The van der Waals surface area contributed by atoms with Crippen LogP contribution in [-0.2, 0) is 9.53 Å². The number of ether oxygens (including phenoxy) is 2. The topological polar surface area (TPSA) is 54.9 Å². The highest BCUT2D eigenvalue weighted by Crippen LogP contribution is 2.29. The summed E-state index contributed by atoms with van der Waals surface area (Å²) >= 11 is 0. The molecule has 1 saturated heterocycles. The summed E-state index contributed by atoms with van der Waals surface area (Å²) in [5.74, 6) is 0.709. The molecule has 6 heteroatoms. The average molecular weight is 369 g/mol. The van der Waals surface area contributed by atoms with Crippen molar-refractivity contribution in [3.05, 3.63) is 48.8 Å². The predicted octanol–water partition coefficient (Wildman–Crippen LogP) is 3.13. The Kier molecular flexibility index (Phi) is 6.90. The van der Waals surface area contributed by atoms with Gasteiger partial charge in [-0.15, -0.1) is 0 Å². The maximum atomic E-state index is 11.4. The lowest BCUT2D eigenvalue weighted by Gasteiger charge is -2.37. The van der Waals surface area contributed by atoms with Crippen LogP contribution in [0.25, 0.3) is 0 Å². The second-order valence-electron chi connectivity index (χ2n) is 6.40. The van der Waals surface area contributed by atoms with Crippen molar-refractivity contribution < 1.29 is 14.3 Å². The van der Waals surface area contributed by atoms with Gasteiger partial charge in [-0.2, -0.15) is 0 Å². The van der Waals surface area contributed by atoms with Crippen LogP contribution in [0.15, 0.2) is 48.8 Å². The zero-order valence-corrected chi connectivity index (χ0v) is 15.8. The van der Waals surface area contributed by atoms with E-state index in [9.17, 15) is 4.79 Å². The average Bonchev–Trinajstić information content (AvgIpc) is 2.72. The summed E-state index contributed by atoms with van der Waals surface area (Å²) in [6, 6.07) is 12.2. The number of anilines is 2. The quantitative estimate of drug-likeness (QED) is 0.526. The van der Waals surface area contributed by atoms with E-state index in [0.29, 0.717) is 26.1 Å². The Labute approximate surface area is 160 Å². The third-order valence-corrected chi connectivity index (χ3v) is 4.60. The minimum atomic E-state index is -0.165. The van der Waals surface area contributed by atoms with Crippen molar-refractivity contribution in [2.75, 3.05) is 49.2 Å². The monoisotopic (exact) mass is 369 g/mol. The van der Waals surface area contributed by atoms with Gasteiger partial charge < -0.3 is 19.3 Å². The first-order chi connectivity index (χ1) is 13.3. The molecule has 1 aromatic heterocycles. The minimum absolute atomic E-state index is 0.165. The van der Waals surface area contributed by atoms with Gasteiger partial charge in [-0.25, -0.2) is 0 Å². The van der Waals surface area contributed by atoms with Crippen LogP contribution in [0.4, 0.5) is 11.4 Å². The molecule has 6 nitrogen and oxygen atoms in total. The number of carbonyl (C=O) groups is 1. The van der Waals surface area contributed by atoms with Crippen LogP contribution in [0.1, 0.15) is 19.8 Å². The first-order valence-corrected chi connectivity index (χ1v) is 9.55. The molecule has 3 rings (SSSR count). The molecular weight excluding hydrogens is 342 g/mol. The molecule has 144 valence electrons. The number of hydrogen-bond acceptors (Lipinski definition) is 6. The van der Waals surface area contributed by atoms with Crippen LogP contribution in [0, 0.1) is 0 Å². The third-order valence-electron chi connectivity index (χ3n) is 4.60. The van der Waals surface area contributed by atoms with Gasteiger partial charge >= 0.3 is 5.97 Å². The number of esters is 1. The van der Waals surface area contributed by atoms with Gasteiger partial charge in [-0.3, -0.25) is 9.78 Å². The van der Waals surface area contributed by atoms with E-state index >= 15 is 0 Å². The van der Waals surface area contributed by atoms with Crippen molar-refractivity contribution in [1.82, 2.24) is 4.98 Å². The summed E-state index contributed by atoms with van der Waals surface area (Å²) < 4.78 is 10.9. The van der Waals surface area contributed by atoms with E-state index in [1.807, 2.05) is 37.5 Å². The smallest absolute Gasteiger partial charge is 0.305 e. The van der Waals surface area contributed by atoms with Gasteiger partial charge in [0.05, 0.1) is 18.9 Å². The summed E-state index contributed by atoms with van der Waals surface area (Å²) in [7, 11) is 0. The Morgan fingerprint density at radius 2 is 1.74 bits per heavy atom. The summed E-state index contributed by atoms with van der Waals surface area (Å²) in [6.45, 7) is 6.54. The fourth-order valence-corrected chi connectivity index (χ4v) is 3.23. The predicted molar refractivity (Wildman–Crippen MR) is 106 cm³/mol. The number of hydrogen-bond donors (Lipinski definition) is 0. The Morgan fingerprint density at radius 3 is 2.48 bits per heavy atom. The van der Waals surface area contributed by atoms with Crippen molar-refractivity contribution in [3.63, 3.8) is 0 Å². The zero-order valence-electron chi connectivity index (χ0n) is 15.8. The van der Waals surface area contributed by atoms with Gasteiger partial charge in [0.1, 0.15) is 5.75 Å². The van der Waals surface area contributed by atoms with Crippen molar-refractivity contribution in [2.45, 2.75) is 19.8 Å². The van der Waals surface area contributed by atoms with E-state index in [4.69, 9.17) is 9.47 Å². The van der Waals surface area contributed by atoms with Crippen LogP contribution in [0.5, 0.6) is 5.75 Å². The molecule has 0 saturated carbocycles. The van der Waals surface area contributed by atoms with Gasteiger partial charge in [-0.05, 0) is 37.6 Å². The first-order valence-electron chi connectivity index (χ1n) is 9.55. The second kappa shape index (κ2) is 9.80. The Bertz CT molecular complexity index is 716. The maximum absolute atomic E-state index is 11.4. The van der Waals surface area contributed by atoms with Gasteiger partial charge in [0.25, 0.3) is 0 Å². The lowest BCUT2D eigenvalue weighted by molar-refractivity contribution is -0.143. The van der Waals surface area contributed by atoms with Crippen LogP contribution < -0.4 is 14.5 Å². The van der Waals surface area contributed by atoms with Gasteiger partial charge in [0.15, 0.2) is 0 Å². The fourth-order valence-electron chi connectivity index (χ4n) is 3.23. The molecule has 0 unspecified atom stereocenters. The lowest BCUT2D eigenvalue weighted by atomic mass is 10.2. The number of para-hydroxylation sites is 2. The number of rotatable bonds is 8. The first kappa shape index (κ1) is 19.0. The highest BCUT2D eigenvalue weighted by Gasteiger charge is 2.19. The van der Waals surface area contributed by atoms with Crippen LogP contribution in [-0.4, -0.2) is 50.3 Å². The fraction of sp³-hybridized carbons (Fsp3) is 0.429. The minimum Gasteiger partial charge on any atom is -0.491 e. The molecular formula is C21H27N3O3. The molecule has 0 N–H and O–H groups in total. The molecule has 0 aliphatic carbocycles. The van der Waals surface area contributed by atoms with E-state index < -0.39 is 0 Å². The highest BCUT2D eigenvalue weighted by molar-refractivity contribution is 5.69. The summed E-state index contributed by atoms with van der Waals surface area (Å²) in [5, 5.41) is 0. The lowest BCUT2D eigenvalue weighted by Crippen LogP contribution is -2.46. The second-order valence-corrected chi connectivity index (χ2v) is 6.40. The molecule has 2 heterocycles. The van der Waals surface area contributed by atoms with Gasteiger partial charge in [0, 0.05) is 50.7 Å². The van der Waals surface area contributed by atoms with E-state index in [-0.39, 0.29) is 5.97 Å². The Hall–Kier alpha value is -2.76.